The van der Waals surface area contributed by atoms with Gasteiger partial charge in [-0.1, -0.05) is 0 Å². The number of likely N-dealkylation sites (N-methyl/N-ethyl adjacent to an activating group) is 1. The van der Waals surface area contributed by atoms with Crippen LogP contribution in [0.25, 0.3) is 10.9 Å². The zero-order valence-corrected chi connectivity index (χ0v) is 22.8. The average Bonchev–Trinajstić information content (AvgIpc) is 3.37. The highest BCUT2D eigenvalue weighted by Crippen LogP contribution is 2.34. The number of piperidine rings is 1. The number of carbonyl (C=O) groups excluding carboxylic acids is 1. The fourth-order valence-electron chi connectivity index (χ4n) is 5.29. The highest BCUT2D eigenvalue weighted by atomic mass is 19.1. The maximum Gasteiger partial charge on any atom is 0.263 e. The number of amides is 1. The largest absolute Gasteiger partial charge is 0.435 e. The first-order chi connectivity index (χ1) is 19.5. The quantitative estimate of drug-likeness (QED) is 0.360. The first-order valence-corrected chi connectivity index (χ1v) is 13.7. The number of likely N-dealkylation sites (tertiary alicyclic amines) is 1. The molecule has 5 heterocycles. The van der Waals surface area contributed by atoms with Crippen LogP contribution in [0, 0.1) is 12.7 Å². The monoisotopic (exact) mass is 544 g/mol. The van der Waals surface area contributed by atoms with Gasteiger partial charge in [-0.25, -0.2) is 19.3 Å². The van der Waals surface area contributed by atoms with Gasteiger partial charge >= 0.3 is 0 Å². The summed E-state index contributed by atoms with van der Waals surface area (Å²) >= 11 is 0. The van der Waals surface area contributed by atoms with Crippen molar-refractivity contribution in [2.45, 2.75) is 26.2 Å². The number of H-pyrrole nitrogens is 1. The molecule has 0 spiro atoms. The minimum atomic E-state index is -0.521. The number of aromatic amines is 1. The Morgan fingerprint density at radius 2 is 1.80 bits per heavy atom. The molecule has 1 aromatic carbocycles. The Morgan fingerprint density at radius 1 is 1.00 bits per heavy atom. The van der Waals surface area contributed by atoms with Crippen molar-refractivity contribution in [3.8, 4) is 11.6 Å². The van der Waals surface area contributed by atoms with Crippen molar-refractivity contribution in [3.05, 3.63) is 59.9 Å². The Morgan fingerprint density at radius 3 is 2.55 bits per heavy atom. The van der Waals surface area contributed by atoms with E-state index in [-0.39, 0.29) is 28.9 Å². The summed E-state index contributed by atoms with van der Waals surface area (Å²) in [6.07, 6.45) is 6.05. The van der Waals surface area contributed by atoms with Crippen LogP contribution in [0.3, 0.4) is 0 Å². The van der Waals surface area contributed by atoms with Gasteiger partial charge < -0.3 is 29.7 Å². The van der Waals surface area contributed by atoms with Crippen LogP contribution in [0.5, 0.6) is 11.6 Å². The molecule has 0 bridgehead atoms. The summed E-state index contributed by atoms with van der Waals surface area (Å²) in [7, 11) is 2.12. The number of piperazine rings is 1. The Hall–Kier alpha value is -4.25. The third-order valence-electron chi connectivity index (χ3n) is 7.58. The van der Waals surface area contributed by atoms with E-state index in [4.69, 9.17) is 4.74 Å². The smallest absolute Gasteiger partial charge is 0.263 e. The van der Waals surface area contributed by atoms with Gasteiger partial charge in [-0.15, -0.1) is 0 Å². The molecule has 40 heavy (non-hydrogen) atoms. The molecule has 2 saturated heterocycles. The van der Waals surface area contributed by atoms with Crippen LogP contribution in [0.2, 0.25) is 0 Å². The average molecular weight is 545 g/mol. The molecule has 10 nitrogen and oxygen atoms in total. The number of nitrogens with one attached hydrogen (secondary N) is 2. The fraction of sp³-hybridized carbons (Fsp3) is 0.379. The summed E-state index contributed by atoms with van der Waals surface area (Å²) in [6.45, 7) is 7.02. The molecule has 0 aliphatic carbocycles. The van der Waals surface area contributed by atoms with Crippen LogP contribution < -0.4 is 15.0 Å². The van der Waals surface area contributed by atoms with Crippen molar-refractivity contribution in [1.82, 2.24) is 29.7 Å². The molecule has 11 heteroatoms. The van der Waals surface area contributed by atoms with Gasteiger partial charge in [0.15, 0.2) is 17.4 Å². The van der Waals surface area contributed by atoms with Crippen LogP contribution >= 0.6 is 0 Å². The third-order valence-corrected chi connectivity index (χ3v) is 7.58. The maximum absolute atomic E-state index is 15.4. The molecule has 6 rings (SSSR count). The van der Waals surface area contributed by atoms with E-state index in [9.17, 15) is 4.79 Å². The number of ether oxygens (including phenoxy) is 1. The summed E-state index contributed by atoms with van der Waals surface area (Å²) in [5.41, 5.74) is 2.70. The minimum Gasteiger partial charge on any atom is -0.435 e. The number of hydrogen-bond acceptors (Lipinski definition) is 8. The van der Waals surface area contributed by atoms with E-state index < -0.39 is 5.82 Å². The van der Waals surface area contributed by atoms with Gasteiger partial charge in [-0.05, 0) is 63.6 Å². The first kappa shape index (κ1) is 26.0. The molecule has 2 aliphatic heterocycles. The van der Waals surface area contributed by atoms with Crippen molar-refractivity contribution in [1.29, 1.82) is 0 Å². The van der Waals surface area contributed by atoms with E-state index in [1.165, 1.54) is 12.4 Å². The minimum absolute atomic E-state index is 0.00682. The highest BCUT2D eigenvalue weighted by Gasteiger charge is 2.28. The molecule has 3 aromatic heterocycles. The van der Waals surface area contributed by atoms with Crippen LogP contribution in [0.1, 0.15) is 35.3 Å². The molecule has 2 aliphatic rings. The van der Waals surface area contributed by atoms with E-state index in [0.29, 0.717) is 29.8 Å². The lowest BCUT2D eigenvalue weighted by molar-refractivity contribution is 0.0721. The van der Waals surface area contributed by atoms with Gasteiger partial charge in [0, 0.05) is 55.9 Å². The van der Waals surface area contributed by atoms with Crippen LogP contribution in [0.4, 0.5) is 21.7 Å². The van der Waals surface area contributed by atoms with Crippen LogP contribution in [-0.4, -0.2) is 82.0 Å². The molecule has 208 valence electrons. The lowest BCUT2D eigenvalue weighted by atomic mass is 10.1. The number of benzene rings is 1. The van der Waals surface area contributed by atoms with E-state index in [2.05, 4.69) is 42.1 Å². The topological polar surface area (TPSA) is 103 Å². The van der Waals surface area contributed by atoms with Gasteiger partial charge in [0.05, 0.1) is 11.9 Å². The summed E-state index contributed by atoms with van der Waals surface area (Å²) in [6, 6.07) is 8.89. The SMILES string of the molecule is Cc1cc2c(F)c(Oc3ncnc(Nc4ccc(N5CCN(C)CC5)cn4)c3C(=O)N3CCCCC3)ccc2[nH]1. The summed E-state index contributed by atoms with van der Waals surface area (Å²) in [5.74, 6) is -0.00510. The van der Waals surface area contributed by atoms with Crippen molar-refractivity contribution >= 4 is 34.1 Å². The van der Waals surface area contributed by atoms with E-state index in [1.54, 1.807) is 17.0 Å². The van der Waals surface area contributed by atoms with E-state index in [0.717, 1.165) is 56.8 Å². The van der Waals surface area contributed by atoms with Crippen molar-refractivity contribution in [2.75, 3.05) is 56.5 Å². The Kier molecular flexibility index (Phi) is 7.21. The predicted molar refractivity (Wildman–Crippen MR) is 152 cm³/mol. The molecule has 0 atom stereocenters. The molecule has 1 amide bonds. The van der Waals surface area contributed by atoms with Crippen LogP contribution in [-0.2, 0) is 0 Å². The second kappa shape index (κ2) is 11.1. The normalized spacial score (nSPS) is 16.4. The van der Waals surface area contributed by atoms with Gasteiger partial charge in [0.25, 0.3) is 5.91 Å². The maximum atomic E-state index is 15.4. The zero-order chi connectivity index (χ0) is 27.6. The number of rotatable bonds is 6. The number of aryl methyl sites for hydroxylation is 1. The number of anilines is 3. The van der Waals surface area contributed by atoms with Crippen molar-refractivity contribution in [2.24, 2.45) is 0 Å². The number of nitrogens with zero attached hydrogens (tertiary/aromatic N) is 6. The number of halogens is 1. The molecular formula is C29H33FN8O2. The van der Waals surface area contributed by atoms with E-state index in [1.807, 2.05) is 25.3 Å². The first-order valence-electron chi connectivity index (χ1n) is 13.7. The van der Waals surface area contributed by atoms with Gasteiger partial charge in [-0.3, -0.25) is 4.79 Å². The number of carbonyl (C=O) groups is 1. The Balaban J connectivity index is 1.32. The van der Waals surface area contributed by atoms with Gasteiger partial charge in [0.1, 0.15) is 17.7 Å². The van der Waals surface area contributed by atoms with Gasteiger partial charge in [-0.2, -0.15) is 0 Å². The lowest BCUT2D eigenvalue weighted by Crippen LogP contribution is -2.44. The standard InChI is InChI=1S/C29H33FN8O2/c1-19-16-21-22(34-19)7-8-23(26(21)30)40-28-25(29(39)38-10-4-3-5-11-38)27(32-18-33-28)35-24-9-6-20(17-31-24)37-14-12-36(2)13-15-37/h6-9,16-18,34H,3-5,10-15H2,1-2H3,(H,31,32,33,35). The Labute approximate surface area is 232 Å². The number of pyridine rings is 1. The molecule has 4 aromatic rings. The van der Waals surface area contributed by atoms with Crippen LogP contribution in [0.15, 0.2) is 42.9 Å². The third kappa shape index (κ3) is 5.29. The van der Waals surface area contributed by atoms with Gasteiger partial charge in [0.2, 0.25) is 5.88 Å². The highest BCUT2D eigenvalue weighted by molar-refractivity contribution is 6.01. The fourth-order valence-corrected chi connectivity index (χ4v) is 5.29. The number of aromatic nitrogens is 4. The predicted octanol–water partition coefficient (Wildman–Crippen LogP) is 4.71. The van der Waals surface area contributed by atoms with Crippen molar-refractivity contribution < 1.29 is 13.9 Å². The summed E-state index contributed by atoms with van der Waals surface area (Å²) in [4.78, 5) is 36.6. The molecule has 0 saturated carbocycles. The Bertz CT molecular complexity index is 1510. The second-order valence-electron chi connectivity index (χ2n) is 10.5. The molecule has 0 unspecified atom stereocenters. The number of fused-ring (bicyclic) bond motifs is 1. The van der Waals surface area contributed by atoms with Crippen molar-refractivity contribution in [3.63, 3.8) is 0 Å². The van der Waals surface area contributed by atoms with E-state index >= 15 is 4.39 Å². The summed E-state index contributed by atoms with van der Waals surface area (Å²) in [5, 5.41) is 3.60. The molecule has 2 fully saturated rings. The second-order valence-corrected chi connectivity index (χ2v) is 10.5. The lowest BCUT2D eigenvalue weighted by Gasteiger charge is -2.33. The molecule has 0 radical (unpaired) electrons. The zero-order valence-electron chi connectivity index (χ0n) is 22.8. The molecular weight excluding hydrogens is 511 g/mol. The number of hydrogen-bond donors (Lipinski definition) is 2. The molecule has 2 N–H and O–H groups in total. The summed E-state index contributed by atoms with van der Waals surface area (Å²) < 4.78 is 21.4.